The molecule has 2 heterocycles. The predicted octanol–water partition coefficient (Wildman–Crippen LogP) is 7.89. The van der Waals surface area contributed by atoms with Crippen LogP contribution in [0.25, 0.3) is 11.0 Å². The summed E-state index contributed by atoms with van der Waals surface area (Å²) in [7, 11) is -0.154. The molecule has 0 radical (unpaired) electrons. The second kappa shape index (κ2) is 13.0. The summed E-state index contributed by atoms with van der Waals surface area (Å²) >= 11 is 0. The lowest BCUT2D eigenvalue weighted by molar-refractivity contribution is 0.0328. The topological polar surface area (TPSA) is 70.4 Å². The molecule has 2 atom stereocenters. The average Bonchev–Trinajstić information content (AvgIpc) is 3.16. The molecule has 2 aromatic rings. The molecule has 0 aliphatic heterocycles. The van der Waals surface area contributed by atoms with Crippen LogP contribution in [-0.2, 0) is 27.1 Å². The van der Waals surface area contributed by atoms with E-state index in [2.05, 4.69) is 92.2 Å². The Balaban J connectivity index is 2.66. The number of aryl methyl sites for hydroxylation is 2. The summed E-state index contributed by atoms with van der Waals surface area (Å²) in [5, 5.41) is 3.95. The van der Waals surface area contributed by atoms with Gasteiger partial charge in [-0.3, -0.25) is 0 Å². The fourth-order valence-electron chi connectivity index (χ4n) is 4.70. The van der Waals surface area contributed by atoms with Crippen molar-refractivity contribution in [3.05, 3.63) is 17.1 Å². The lowest BCUT2D eigenvalue weighted by Gasteiger charge is -2.40. The Morgan fingerprint density at radius 1 is 0.974 bits per heavy atom. The summed E-state index contributed by atoms with van der Waals surface area (Å²) in [6.45, 7) is 32.1. The third kappa shape index (κ3) is 8.27. The molecule has 0 aliphatic rings. The molecule has 2 unspecified atom stereocenters. The first kappa shape index (κ1) is 33.7. The number of rotatable bonds is 14. The standard InChI is InChI=1S/C31H58N4O3Si/c1-15-17-24(29(5,6)7)33-28-26-27(22(3)23(4)32-28)35(25(34-26)18-37-16-2)19-31(11,20-36-12)21-38-39(13,14)30(8,9)10/h24H,15-21H2,1-14H3,(H,32,33). The Morgan fingerprint density at radius 2 is 1.62 bits per heavy atom. The third-order valence-electron chi connectivity index (χ3n) is 8.44. The molecule has 0 bridgehead atoms. The zero-order valence-electron chi connectivity index (χ0n) is 27.6. The molecule has 0 saturated carbocycles. The molecule has 0 spiro atoms. The molecule has 2 rings (SSSR count). The van der Waals surface area contributed by atoms with Crippen LogP contribution in [0.2, 0.25) is 18.1 Å². The maximum atomic E-state index is 6.76. The number of nitrogens with one attached hydrogen (secondary N) is 1. The number of anilines is 1. The number of hydrogen-bond donors (Lipinski definition) is 1. The number of hydrogen-bond acceptors (Lipinski definition) is 6. The van der Waals surface area contributed by atoms with E-state index in [1.54, 1.807) is 7.11 Å². The van der Waals surface area contributed by atoms with Gasteiger partial charge in [0.05, 0.1) is 12.1 Å². The van der Waals surface area contributed by atoms with Crippen LogP contribution in [-0.4, -0.2) is 55.8 Å². The molecule has 39 heavy (non-hydrogen) atoms. The zero-order valence-corrected chi connectivity index (χ0v) is 28.6. The van der Waals surface area contributed by atoms with E-state index in [1.807, 2.05) is 6.92 Å². The Labute approximate surface area is 239 Å². The summed E-state index contributed by atoms with van der Waals surface area (Å²) in [6.07, 6.45) is 2.18. The van der Waals surface area contributed by atoms with Crippen molar-refractivity contribution in [2.45, 2.75) is 126 Å². The van der Waals surface area contributed by atoms with Gasteiger partial charge in [0.25, 0.3) is 0 Å². The van der Waals surface area contributed by atoms with Crippen molar-refractivity contribution in [2.75, 3.05) is 32.2 Å². The molecular weight excluding hydrogens is 504 g/mol. The number of aromatic nitrogens is 3. The highest BCUT2D eigenvalue weighted by atomic mass is 28.4. The maximum absolute atomic E-state index is 6.76. The van der Waals surface area contributed by atoms with Crippen molar-refractivity contribution in [3.8, 4) is 0 Å². The number of pyridine rings is 1. The zero-order chi connectivity index (χ0) is 29.8. The predicted molar refractivity (Wildman–Crippen MR) is 167 cm³/mol. The normalized spacial score (nSPS) is 15.5. The monoisotopic (exact) mass is 562 g/mol. The lowest BCUT2D eigenvalue weighted by Crippen LogP contribution is -2.45. The van der Waals surface area contributed by atoms with Crippen molar-refractivity contribution < 1.29 is 13.9 Å². The molecule has 8 heteroatoms. The van der Waals surface area contributed by atoms with Gasteiger partial charge in [0.15, 0.2) is 14.1 Å². The molecule has 2 aromatic heterocycles. The Morgan fingerprint density at radius 3 is 2.13 bits per heavy atom. The quantitative estimate of drug-likeness (QED) is 0.236. The van der Waals surface area contributed by atoms with E-state index < -0.39 is 8.32 Å². The van der Waals surface area contributed by atoms with Crippen LogP contribution in [0.15, 0.2) is 0 Å². The van der Waals surface area contributed by atoms with Crippen molar-refractivity contribution in [2.24, 2.45) is 10.8 Å². The largest absolute Gasteiger partial charge is 0.416 e. The first-order chi connectivity index (χ1) is 17.9. The number of ether oxygens (including phenoxy) is 2. The van der Waals surface area contributed by atoms with Crippen LogP contribution < -0.4 is 5.32 Å². The molecule has 0 saturated heterocycles. The van der Waals surface area contributed by atoms with Crippen LogP contribution in [0.3, 0.4) is 0 Å². The van der Waals surface area contributed by atoms with Gasteiger partial charge in [-0.2, -0.15) is 0 Å². The second-order valence-corrected chi connectivity index (χ2v) is 19.1. The number of nitrogens with zero attached hydrogens (tertiary/aromatic N) is 3. The van der Waals surface area contributed by atoms with E-state index >= 15 is 0 Å². The fraction of sp³-hybridized carbons (Fsp3) is 0.806. The summed E-state index contributed by atoms with van der Waals surface area (Å²) in [5.41, 5.74) is 4.06. The molecule has 7 nitrogen and oxygen atoms in total. The van der Waals surface area contributed by atoms with E-state index in [-0.39, 0.29) is 21.9 Å². The minimum atomic E-state index is -1.93. The Kier molecular flexibility index (Phi) is 11.2. The summed E-state index contributed by atoms with van der Waals surface area (Å²) < 4.78 is 20.8. The van der Waals surface area contributed by atoms with Gasteiger partial charge < -0.3 is 23.8 Å². The van der Waals surface area contributed by atoms with Gasteiger partial charge in [-0.05, 0) is 56.3 Å². The van der Waals surface area contributed by atoms with Crippen molar-refractivity contribution >= 4 is 25.2 Å². The molecule has 0 aliphatic carbocycles. The minimum absolute atomic E-state index is 0.0949. The van der Waals surface area contributed by atoms with Gasteiger partial charge in [0, 0.05) is 44.0 Å². The highest BCUT2D eigenvalue weighted by molar-refractivity contribution is 6.74. The summed E-state index contributed by atoms with van der Waals surface area (Å²) in [6, 6.07) is 0.289. The highest BCUT2D eigenvalue weighted by Gasteiger charge is 2.40. The van der Waals surface area contributed by atoms with Crippen LogP contribution in [0.5, 0.6) is 0 Å². The molecule has 0 fully saturated rings. The van der Waals surface area contributed by atoms with Crippen molar-refractivity contribution in [1.29, 1.82) is 0 Å². The van der Waals surface area contributed by atoms with Crippen LogP contribution >= 0.6 is 0 Å². The first-order valence-corrected chi connectivity index (χ1v) is 17.6. The maximum Gasteiger partial charge on any atom is 0.192 e. The number of imidazole rings is 1. The average molecular weight is 563 g/mol. The van der Waals surface area contributed by atoms with Gasteiger partial charge in [-0.25, -0.2) is 9.97 Å². The van der Waals surface area contributed by atoms with Gasteiger partial charge in [0.2, 0.25) is 0 Å². The summed E-state index contributed by atoms with van der Waals surface area (Å²) in [5.74, 6) is 1.78. The van der Waals surface area contributed by atoms with E-state index in [0.717, 1.165) is 53.3 Å². The van der Waals surface area contributed by atoms with Crippen molar-refractivity contribution in [1.82, 2.24) is 14.5 Å². The Bertz CT molecular complexity index is 1080. The Hall–Kier alpha value is -1.48. The molecule has 0 aromatic carbocycles. The smallest absolute Gasteiger partial charge is 0.192 e. The van der Waals surface area contributed by atoms with Gasteiger partial charge in [-0.1, -0.05) is 61.8 Å². The minimum Gasteiger partial charge on any atom is -0.416 e. The van der Waals surface area contributed by atoms with E-state index in [9.17, 15) is 0 Å². The van der Waals surface area contributed by atoms with E-state index in [1.165, 1.54) is 0 Å². The third-order valence-corrected chi connectivity index (χ3v) is 12.9. The molecule has 1 N–H and O–H groups in total. The van der Waals surface area contributed by atoms with E-state index in [4.69, 9.17) is 23.9 Å². The molecular formula is C31H58N4O3Si. The molecule has 0 amide bonds. The lowest BCUT2D eigenvalue weighted by atomic mass is 9.84. The van der Waals surface area contributed by atoms with Gasteiger partial charge >= 0.3 is 0 Å². The second-order valence-electron chi connectivity index (χ2n) is 14.3. The van der Waals surface area contributed by atoms with Crippen LogP contribution in [0.1, 0.15) is 92.2 Å². The van der Waals surface area contributed by atoms with E-state index in [0.29, 0.717) is 26.4 Å². The number of fused-ring (bicyclic) bond motifs is 1. The SMILES string of the molecule is CCCC(Nc1nc(C)c(C)c2c1nc(COCC)n2CC(C)(COC)CO[Si](C)(C)C(C)(C)C)C(C)(C)C. The highest BCUT2D eigenvalue weighted by Crippen LogP contribution is 2.39. The first-order valence-electron chi connectivity index (χ1n) is 14.7. The summed E-state index contributed by atoms with van der Waals surface area (Å²) in [4.78, 5) is 10.2. The van der Waals surface area contributed by atoms with Crippen LogP contribution in [0.4, 0.5) is 5.82 Å². The molecule has 224 valence electrons. The number of methoxy groups -OCH3 is 1. The van der Waals surface area contributed by atoms with Crippen molar-refractivity contribution in [3.63, 3.8) is 0 Å². The fourth-order valence-corrected chi connectivity index (χ4v) is 5.85. The van der Waals surface area contributed by atoms with Crippen LogP contribution in [0, 0.1) is 24.7 Å². The van der Waals surface area contributed by atoms with Gasteiger partial charge in [-0.15, -0.1) is 0 Å². The van der Waals surface area contributed by atoms with Gasteiger partial charge in [0.1, 0.15) is 17.9 Å².